The molecule has 1 aromatic rings. The van der Waals surface area contributed by atoms with Gasteiger partial charge >= 0.3 is 5.97 Å². The molecule has 1 amide bonds. The normalized spacial score (nSPS) is 18.8. The highest BCUT2D eigenvalue weighted by Crippen LogP contribution is 2.19. The van der Waals surface area contributed by atoms with Gasteiger partial charge in [-0.2, -0.15) is 0 Å². The standard InChI is InChI=1S/C16H18ClNO3/c1-21-16(20)14-7-2-3-10-18(14)15(19)9-8-12-5-4-6-13(17)11-12/h4-6,8-9,11,14H,2-3,7,10H2,1H3/b9-8+. The molecule has 0 radical (unpaired) electrons. The summed E-state index contributed by atoms with van der Waals surface area (Å²) in [5.41, 5.74) is 0.850. The number of hydrogen-bond acceptors (Lipinski definition) is 3. The molecular weight excluding hydrogens is 290 g/mol. The molecule has 21 heavy (non-hydrogen) atoms. The zero-order valence-corrected chi connectivity index (χ0v) is 12.7. The predicted octanol–water partition coefficient (Wildman–Crippen LogP) is 2.91. The van der Waals surface area contributed by atoms with Crippen LogP contribution in [0.3, 0.4) is 0 Å². The van der Waals surface area contributed by atoms with Gasteiger partial charge < -0.3 is 9.64 Å². The van der Waals surface area contributed by atoms with Gasteiger partial charge in [-0.15, -0.1) is 0 Å². The number of nitrogens with zero attached hydrogens (tertiary/aromatic N) is 1. The van der Waals surface area contributed by atoms with E-state index in [1.54, 1.807) is 23.1 Å². The number of carbonyl (C=O) groups is 2. The smallest absolute Gasteiger partial charge is 0.328 e. The summed E-state index contributed by atoms with van der Waals surface area (Å²) in [6, 6.07) is 6.77. The number of amides is 1. The number of halogens is 1. The first kappa shape index (κ1) is 15.6. The van der Waals surface area contributed by atoms with Crippen molar-refractivity contribution >= 4 is 29.6 Å². The molecule has 1 unspecified atom stereocenters. The molecule has 1 aliphatic rings. The van der Waals surface area contributed by atoms with Crippen LogP contribution in [0.1, 0.15) is 24.8 Å². The average molecular weight is 308 g/mol. The van der Waals surface area contributed by atoms with E-state index in [2.05, 4.69) is 0 Å². The maximum absolute atomic E-state index is 12.3. The van der Waals surface area contributed by atoms with Gasteiger partial charge in [-0.25, -0.2) is 4.79 Å². The van der Waals surface area contributed by atoms with Crippen LogP contribution in [0.25, 0.3) is 6.08 Å². The van der Waals surface area contributed by atoms with E-state index < -0.39 is 6.04 Å². The van der Waals surface area contributed by atoms with E-state index in [1.165, 1.54) is 13.2 Å². The number of likely N-dealkylation sites (tertiary alicyclic amines) is 1. The maximum atomic E-state index is 12.3. The van der Waals surface area contributed by atoms with E-state index in [9.17, 15) is 9.59 Å². The van der Waals surface area contributed by atoms with Crippen molar-refractivity contribution in [2.75, 3.05) is 13.7 Å². The van der Waals surface area contributed by atoms with E-state index >= 15 is 0 Å². The molecule has 0 saturated carbocycles. The highest BCUT2D eigenvalue weighted by atomic mass is 35.5. The number of piperidine rings is 1. The van der Waals surface area contributed by atoms with Crippen molar-refractivity contribution in [2.24, 2.45) is 0 Å². The van der Waals surface area contributed by atoms with Gasteiger partial charge in [0.2, 0.25) is 5.91 Å². The minimum Gasteiger partial charge on any atom is -0.467 e. The second-order valence-electron chi connectivity index (χ2n) is 4.95. The Morgan fingerprint density at radius 2 is 2.19 bits per heavy atom. The Bertz CT molecular complexity index is 556. The number of methoxy groups -OCH3 is 1. The first-order valence-corrected chi connectivity index (χ1v) is 7.31. The molecular formula is C16H18ClNO3. The SMILES string of the molecule is COC(=O)C1CCCCN1C(=O)/C=C/c1cccc(Cl)c1. The highest BCUT2D eigenvalue weighted by molar-refractivity contribution is 6.30. The summed E-state index contributed by atoms with van der Waals surface area (Å²) in [5, 5.41) is 0.620. The van der Waals surface area contributed by atoms with Crippen LogP contribution >= 0.6 is 11.6 Å². The lowest BCUT2D eigenvalue weighted by atomic mass is 10.0. The van der Waals surface area contributed by atoms with E-state index in [0.717, 1.165) is 18.4 Å². The Morgan fingerprint density at radius 3 is 2.90 bits per heavy atom. The zero-order valence-electron chi connectivity index (χ0n) is 11.9. The molecule has 0 N–H and O–H groups in total. The summed E-state index contributed by atoms with van der Waals surface area (Å²) in [6.45, 7) is 0.582. The number of hydrogen-bond donors (Lipinski definition) is 0. The third-order valence-electron chi connectivity index (χ3n) is 3.53. The molecule has 1 atom stereocenters. The van der Waals surface area contributed by atoms with Gasteiger partial charge in [0, 0.05) is 17.6 Å². The second-order valence-corrected chi connectivity index (χ2v) is 5.39. The van der Waals surface area contributed by atoms with Crippen molar-refractivity contribution in [1.82, 2.24) is 4.90 Å². The van der Waals surface area contributed by atoms with E-state index in [4.69, 9.17) is 16.3 Å². The zero-order chi connectivity index (χ0) is 15.2. The molecule has 1 aliphatic heterocycles. The minimum atomic E-state index is -0.472. The van der Waals surface area contributed by atoms with Gasteiger partial charge in [0.15, 0.2) is 0 Å². The Morgan fingerprint density at radius 1 is 1.38 bits per heavy atom. The Kier molecular flexibility index (Phi) is 5.39. The van der Waals surface area contributed by atoms with Gasteiger partial charge in [-0.1, -0.05) is 23.7 Å². The summed E-state index contributed by atoms with van der Waals surface area (Å²) in [4.78, 5) is 25.6. The molecule has 1 saturated heterocycles. The summed E-state index contributed by atoms with van der Waals surface area (Å²) in [7, 11) is 1.35. The van der Waals surface area contributed by atoms with Crippen molar-refractivity contribution in [3.8, 4) is 0 Å². The third kappa shape index (κ3) is 4.08. The van der Waals surface area contributed by atoms with Crippen molar-refractivity contribution in [2.45, 2.75) is 25.3 Å². The van der Waals surface area contributed by atoms with Gasteiger partial charge in [0.05, 0.1) is 7.11 Å². The number of esters is 1. The van der Waals surface area contributed by atoms with Crippen molar-refractivity contribution < 1.29 is 14.3 Å². The number of ether oxygens (including phenoxy) is 1. The average Bonchev–Trinajstić information content (AvgIpc) is 2.52. The maximum Gasteiger partial charge on any atom is 0.328 e. The molecule has 1 fully saturated rings. The van der Waals surface area contributed by atoms with Crippen LogP contribution in [-0.4, -0.2) is 36.5 Å². The van der Waals surface area contributed by atoms with Crippen LogP contribution < -0.4 is 0 Å². The monoisotopic (exact) mass is 307 g/mol. The lowest BCUT2D eigenvalue weighted by Crippen LogP contribution is -2.47. The topological polar surface area (TPSA) is 46.6 Å². The van der Waals surface area contributed by atoms with Crippen molar-refractivity contribution in [1.29, 1.82) is 0 Å². The summed E-state index contributed by atoms with van der Waals surface area (Å²) in [5.74, 6) is -0.524. The molecule has 0 spiro atoms. The number of carbonyl (C=O) groups excluding carboxylic acids is 2. The fourth-order valence-corrected chi connectivity index (χ4v) is 2.65. The fourth-order valence-electron chi connectivity index (χ4n) is 2.45. The van der Waals surface area contributed by atoms with Crippen molar-refractivity contribution in [3.63, 3.8) is 0 Å². The van der Waals surface area contributed by atoms with Crippen LogP contribution in [-0.2, 0) is 14.3 Å². The first-order valence-electron chi connectivity index (χ1n) is 6.94. The molecule has 0 aliphatic carbocycles. The lowest BCUT2D eigenvalue weighted by Gasteiger charge is -2.32. The van der Waals surface area contributed by atoms with E-state index in [0.29, 0.717) is 18.0 Å². The Hall–Kier alpha value is -1.81. The molecule has 0 bridgehead atoms. The lowest BCUT2D eigenvalue weighted by molar-refractivity contribution is -0.153. The largest absolute Gasteiger partial charge is 0.467 e. The first-order chi connectivity index (χ1) is 10.1. The fraction of sp³-hybridized carbons (Fsp3) is 0.375. The third-order valence-corrected chi connectivity index (χ3v) is 3.76. The summed E-state index contributed by atoms with van der Waals surface area (Å²) >= 11 is 5.90. The van der Waals surface area contributed by atoms with Gasteiger partial charge in [0.1, 0.15) is 6.04 Å². The van der Waals surface area contributed by atoms with E-state index in [-0.39, 0.29) is 11.9 Å². The summed E-state index contributed by atoms with van der Waals surface area (Å²) < 4.78 is 4.77. The highest BCUT2D eigenvalue weighted by Gasteiger charge is 2.31. The van der Waals surface area contributed by atoms with Crippen LogP contribution in [0.4, 0.5) is 0 Å². The molecule has 1 heterocycles. The molecule has 2 rings (SSSR count). The quantitative estimate of drug-likeness (QED) is 0.637. The number of rotatable bonds is 3. The van der Waals surface area contributed by atoms with Gasteiger partial charge in [-0.05, 0) is 43.0 Å². The van der Waals surface area contributed by atoms with Crippen molar-refractivity contribution in [3.05, 3.63) is 40.9 Å². The second kappa shape index (κ2) is 7.27. The Labute approximate surface area is 129 Å². The van der Waals surface area contributed by atoms with E-state index in [1.807, 2.05) is 12.1 Å². The van der Waals surface area contributed by atoms with Crippen LogP contribution in [0.5, 0.6) is 0 Å². The molecule has 1 aromatic carbocycles. The number of benzene rings is 1. The molecule has 5 heteroatoms. The molecule has 0 aromatic heterocycles. The van der Waals surface area contributed by atoms with Crippen LogP contribution in [0, 0.1) is 0 Å². The van der Waals surface area contributed by atoms with Crippen LogP contribution in [0.15, 0.2) is 30.3 Å². The molecule has 112 valence electrons. The van der Waals surface area contributed by atoms with Crippen LogP contribution in [0.2, 0.25) is 5.02 Å². The predicted molar refractivity (Wildman–Crippen MR) is 81.9 cm³/mol. The minimum absolute atomic E-state index is 0.176. The summed E-state index contributed by atoms with van der Waals surface area (Å²) in [6.07, 6.45) is 5.68. The van der Waals surface area contributed by atoms with Gasteiger partial charge in [-0.3, -0.25) is 4.79 Å². The Balaban J connectivity index is 2.08. The van der Waals surface area contributed by atoms with Gasteiger partial charge in [0.25, 0.3) is 0 Å². The molecule has 4 nitrogen and oxygen atoms in total.